The first kappa shape index (κ1) is 16.9. The third-order valence-corrected chi connectivity index (χ3v) is 6.95. The summed E-state index contributed by atoms with van der Waals surface area (Å²) < 4.78 is 29.0. The van der Waals surface area contributed by atoms with Crippen molar-refractivity contribution in [1.29, 1.82) is 0 Å². The molecule has 2 saturated heterocycles. The lowest BCUT2D eigenvalue weighted by Crippen LogP contribution is -2.43. The van der Waals surface area contributed by atoms with Gasteiger partial charge in [-0.15, -0.1) is 0 Å². The van der Waals surface area contributed by atoms with Crippen molar-refractivity contribution >= 4 is 10.0 Å². The van der Waals surface area contributed by atoms with E-state index in [0.717, 1.165) is 38.2 Å². The molecule has 1 aromatic heterocycles. The predicted octanol–water partition coefficient (Wildman–Crippen LogP) is 1.10. The molecule has 0 saturated carbocycles. The van der Waals surface area contributed by atoms with Gasteiger partial charge in [0.1, 0.15) is 5.82 Å². The highest BCUT2D eigenvalue weighted by Gasteiger charge is 2.30. The molecule has 0 radical (unpaired) electrons. The normalized spacial score (nSPS) is 24.3. The van der Waals surface area contributed by atoms with E-state index in [2.05, 4.69) is 9.88 Å². The van der Waals surface area contributed by atoms with E-state index in [1.807, 2.05) is 24.0 Å². The van der Waals surface area contributed by atoms with E-state index in [9.17, 15) is 8.42 Å². The molecule has 3 rings (SSSR count). The van der Waals surface area contributed by atoms with Crippen LogP contribution in [0.3, 0.4) is 0 Å². The lowest BCUT2D eigenvalue weighted by molar-refractivity contribution is 0.260. The fourth-order valence-electron chi connectivity index (χ4n) is 3.68. The number of hydrogen-bond donors (Lipinski definition) is 0. The summed E-state index contributed by atoms with van der Waals surface area (Å²) in [4.78, 5) is 6.64. The van der Waals surface area contributed by atoms with Crippen LogP contribution >= 0.6 is 0 Å². The average molecular weight is 340 g/mol. The molecule has 0 aliphatic carbocycles. The Morgan fingerprint density at radius 2 is 2.00 bits per heavy atom. The van der Waals surface area contributed by atoms with Crippen LogP contribution in [-0.2, 0) is 23.5 Å². The van der Waals surface area contributed by atoms with Crippen LogP contribution in [0.5, 0.6) is 0 Å². The number of piperidine rings is 1. The van der Waals surface area contributed by atoms with Crippen LogP contribution in [0.25, 0.3) is 0 Å². The minimum atomic E-state index is -3.13. The van der Waals surface area contributed by atoms with Crippen molar-refractivity contribution in [3.05, 3.63) is 18.2 Å². The van der Waals surface area contributed by atoms with Crippen molar-refractivity contribution in [3.63, 3.8) is 0 Å². The van der Waals surface area contributed by atoms with Gasteiger partial charge in [0, 0.05) is 45.5 Å². The summed E-state index contributed by atoms with van der Waals surface area (Å²) in [5.41, 5.74) is 0. The maximum atomic E-state index is 12.6. The highest BCUT2D eigenvalue weighted by Crippen LogP contribution is 2.22. The van der Waals surface area contributed by atoms with Crippen molar-refractivity contribution in [2.45, 2.75) is 32.1 Å². The summed E-state index contributed by atoms with van der Waals surface area (Å²) in [5.74, 6) is 1.69. The first-order valence-electron chi connectivity index (χ1n) is 8.71. The second-order valence-corrected chi connectivity index (χ2v) is 8.98. The van der Waals surface area contributed by atoms with Crippen LogP contribution in [-0.4, -0.2) is 65.7 Å². The van der Waals surface area contributed by atoms with Crippen LogP contribution in [0.2, 0.25) is 0 Å². The van der Waals surface area contributed by atoms with Crippen molar-refractivity contribution in [1.82, 2.24) is 18.8 Å². The molecule has 2 fully saturated rings. The van der Waals surface area contributed by atoms with Gasteiger partial charge in [-0.3, -0.25) is 0 Å². The van der Waals surface area contributed by atoms with E-state index < -0.39 is 10.0 Å². The van der Waals surface area contributed by atoms with Gasteiger partial charge in [-0.25, -0.2) is 17.7 Å². The maximum absolute atomic E-state index is 12.6. The van der Waals surface area contributed by atoms with E-state index in [0.29, 0.717) is 25.6 Å². The highest BCUT2D eigenvalue weighted by atomic mass is 32.2. The topological polar surface area (TPSA) is 58.4 Å². The van der Waals surface area contributed by atoms with Gasteiger partial charge in [0.25, 0.3) is 0 Å². The van der Waals surface area contributed by atoms with E-state index in [-0.39, 0.29) is 5.75 Å². The van der Waals surface area contributed by atoms with E-state index in [1.165, 1.54) is 12.8 Å². The molecular weight excluding hydrogens is 312 g/mol. The number of aromatic nitrogens is 2. The number of rotatable bonds is 6. The Labute approximate surface area is 139 Å². The Morgan fingerprint density at radius 1 is 1.22 bits per heavy atom. The van der Waals surface area contributed by atoms with Gasteiger partial charge in [0.05, 0.1) is 5.75 Å². The summed E-state index contributed by atoms with van der Waals surface area (Å²) in [6.07, 6.45) is 9.07. The van der Waals surface area contributed by atoms with Crippen LogP contribution in [0.1, 0.15) is 31.5 Å². The summed E-state index contributed by atoms with van der Waals surface area (Å²) in [7, 11) is -1.13. The summed E-state index contributed by atoms with van der Waals surface area (Å²) in [6, 6.07) is 0. The molecule has 0 spiro atoms. The molecule has 0 amide bonds. The lowest BCUT2D eigenvalue weighted by Gasteiger charge is -2.32. The minimum absolute atomic E-state index is 0.266. The standard InChI is InChI=1S/C16H28N4O2S/c1-18-10-6-17-16(18)13-15-5-4-9-20(14-15)23(21,22)12-11-19-7-2-3-8-19/h6,10,15H,2-5,7-9,11-14H2,1H3/t15-/m0/s1. The average Bonchev–Trinajstić information content (AvgIpc) is 3.18. The molecule has 0 bridgehead atoms. The highest BCUT2D eigenvalue weighted by molar-refractivity contribution is 7.89. The number of imidazole rings is 1. The zero-order valence-electron chi connectivity index (χ0n) is 14.0. The van der Waals surface area contributed by atoms with Crippen LogP contribution in [0.15, 0.2) is 12.4 Å². The fourth-order valence-corrected chi connectivity index (χ4v) is 5.27. The molecule has 3 heterocycles. The van der Waals surface area contributed by atoms with Crippen molar-refractivity contribution in [3.8, 4) is 0 Å². The molecule has 1 atom stereocenters. The summed E-state index contributed by atoms with van der Waals surface area (Å²) in [6.45, 7) is 4.12. The smallest absolute Gasteiger partial charge is 0.215 e. The van der Waals surface area contributed by atoms with Crippen molar-refractivity contribution in [2.75, 3.05) is 38.5 Å². The van der Waals surface area contributed by atoms with Crippen molar-refractivity contribution in [2.24, 2.45) is 13.0 Å². The Morgan fingerprint density at radius 3 is 2.70 bits per heavy atom. The maximum Gasteiger partial charge on any atom is 0.215 e. The predicted molar refractivity (Wildman–Crippen MR) is 90.7 cm³/mol. The molecule has 2 aliphatic rings. The molecular formula is C16H28N4O2S. The van der Waals surface area contributed by atoms with Gasteiger partial charge in [0.2, 0.25) is 10.0 Å². The second-order valence-electron chi connectivity index (χ2n) is 6.89. The van der Waals surface area contributed by atoms with Gasteiger partial charge in [-0.05, 0) is 44.7 Å². The SMILES string of the molecule is Cn1ccnc1C[C@@H]1CCCN(S(=O)(=O)CCN2CCCC2)C1. The zero-order valence-corrected chi connectivity index (χ0v) is 14.8. The number of aryl methyl sites for hydroxylation is 1. The third-order valence-electron chi connectivity index (χ3n) is 5.13. The molecule has 1 aromatic rings. The molecule has 0 unspecified atom stereocenters. The lowest BCUT2D eigenvalue weighted by atomic mass is 9.96. The molecule has 23 heavy (non-hydrogen) atoms. The van der Waals surface area contributed by atoms with Crippen LogP contribution in [0, 0.1) is 5.92 Å². The van der Waals surface area contributed by atoms with Gasteiger partial charge in [-0.2, -0.15) is 0 Å². The van der Waals surface area contributed by atoms with Gasteiger partial charge >= 0.3 is 0 Å². The molecule has 0 N–H and O–H groups in total. The molecule has 7 heteroatoms. The number of sulfonamides is 1. The van der Waals surface area contributed by atoms with E-state index in [4.69, 9.17) is 0 Å². The first-order chi connectivity index (χ1) is 11.0. The Balaban J connectivity index is 1.55. The van der Waals surface area contributed by atoms with E-state index in [1.54, 1.807) is 4.31 Å². The largest absolute Gasteiger partial charge is 0.338 e. The first-order valence-corrected chi connectivity index (χ1v) is 10.3. The Kier molecular flexibility index (Phi) is 5.38. The van der Waals surface area contributed by atoms with Gasteiger partial charge < -0.3 is 9.47 Å². The summed E-state index contributed by atoms with van der Waals surface area (Å²) in [5, 5.41) is 0. The molecule has 2 aliphatic heterocycles. The van der Waals surface area contributed by atoms with Crippen LogP contribution < -0.4 is 0 Å². The van der Waals surface area contributed by atoms with E-state index >= 15 is 0 Å². The Hall–Kier alpha value is -0.920. The minimum Gasteiger partial charge on any atom is -0.338 e. The quantitative estimate of drug-likeness (QED) is 0.778. The van der Waals surface area contributed by atoms with Crippen LogP contribution in [0.4, 0.5) is 0 Å². The number of nitrogens with zero attached hydrogens (tertiary/aromatic N) is 4. The molecule has 0 aromatic carbocycles. The van der Waals surface area contributed by atoms with Gasteiger partial charge in [0.15, 0.2) is 0 Å². The third kappa shape index (κ3) is 4.33. The fraction of sp³-hybridized carbons (Fsp3) is 0.812. The molecule has 6 nitrogen and oxygen atoms in total. The molecule has 130 valence electrons. The number of likely N-dealkylation sites (tertiary alicyclic amines) is 1. The Bertz CT molecular complexity index is 607. The van der Waals surface area contributed by atoms with Gasteiger partial charge in [-0.1, -0.05) is 0 Å². The summed E-state index contributed by atoms with van der Waals surface area (Å²) >= 11 is 0. The second kappa shape index (κ2) is 7.32. The monoisotopic (exact) mass is 340 g/mol. The van der Waals surface area contributed by atoms with Crippen molar-refractivity contribution < 1.29 is 8.42 Å². The zero-order chi connectivity index (χ0) is 16.3. The number of hydrogen-bond acceptors (Lipinski definition) is 4.